The monoisotopic (exact) mass is 477 g/mol. The number of hydrogen-bond acceptors (Lipinski definition) is 6. The predicted molar refractivity (Wildman–Crippen MR) is 135 cm³/mol. The van der Waals surface area contributed by atoms with Gasteiger partial charge in [-0.05, 0) is 42.3 Å². The van der Waals surface area contributed by atoms with Crippen LogP contribution in [0.15, 0.2) is 77.7 Å². The first kappa shape index (κ1) is 22.9. The van der Waals surface area contributed by atoms with Gasteiger partial charge in [-0.1, -0.05) is 78.6 Å². The second-order valence-corrected chi connectivity index (χ2v) is 8.89. The molecule has 1 aliphatic heterocycles. The smallest absolute Gasteiger partial charge is 0.263 e. The van der Waals surface area contributed by atoms with E-state index < -0.39 is 0 Å². The Labute approximate surface area is 202 Å². The highest BCUT2D eigenvalue weighted by atomic mass is 32.2. The quantitative estimate of drug-likeness (QED) is 0.314. The van der Waals surface area contributed by atoms with E-state index in [4.69, 9.17) is 26.4 Å². The number of carbonyl (C=O) groups excluding carboxylic acids is 1. The summed E-state index contributed by atoms with van der Waals surface area (Å²) in [6.07, 6.45) is 1.79. The van der Waals surface area contributed by atoms with Crippen molar-refractivity contribution in [2.75, 3.05) is 6.61 Å². The molecule has 0 aliphatic carbocycles. The molecule has 1 aliphatic rings. The van der Waals surface area contributed by atoms with Crippen LogP contribution in [0, 0.1) is 0 Å². The number of hydrogen-bond donors (Lipinski definition) is 1. The number of thioether (sulfide) groups is 1. The molecule has 3 aromatic rings. The lowest BCUT2D eigenvalue weighted by Gasteiger charge is -2.14. The van der Waals surface area contributed by atoms with Crippen molar-refractivity contribution in [1.29, 1.82) is 0 Å². The van der Waals surface area contributed by atoms with Gasteiger partial charge in [0, 0.05) is 5.56 Å². The van der Waals surface area contributed by atoms with Crippen molar-refractivity contribution in [3.63, 3.8) is 0 Å². The Morgan fingerprint density at radius 3 is 2.33 bits per heavy atom. The summed E-state index contributed by atoms with van der Waals surface area (Å²) < 4.78 is 18.3. The van der Waals surface area contributed by atoms with Gasteiger partial charge in [-0.3, -0.25) is 4.79 Å². The van der Waals surface area contributed by atoms with Crippen LogP contribution in [-0.4, -0.2) is 16.8 Å². The molecule has 1 heterocycles. The van der Waals surface area contributed by atoms with Crippen LogP contribution in [0.5, 0.6) is 17.2 Å². The van der Waals surface area contributed by atoms with E-state index in [0.717, 1.165) is 16.7 Å². The fourth-order valence-corrected chi connectivity index (χ4v) is 4.25. The molecule has 7 heteroatoms. The largest absolute Gasteiger partial charge is 0.490 e. The highest BCUT2D eigenvalue weighted by Gasteiger charge is 2.22. The molecule has 0 spiro atoms. The van der Waals surface area contributed by atoms with Gasteiger partial charge in [0.15, 0.2) is 11.5 Å². The van der Waals surface area contributed by atoms with Crippen LogP contribution in [-0.2, 0) is 18.0 Å². The first-order valence-electron chi connectivity index (χ1n) is 10.5. The van der Waals surface area contributed by atoms with E-state index in [-0.39, 0.29) is 5.91 Å². The van der Waals surface area contributed by atoms with Crippen molar-refractivity contribution in [2.45, 2.75) is 20.1 Å². The van der Waals surface area contributed by atoms with Gasteiger partial charge in [0.2, 0.25) is 0 Å². The number of benzene rings is 3. The number of amides is 1. The van der Waals surface area contributed by atoms with Crippen molar-refractivity contribution in [2.24, 2.45) is 0 Å². The van der Waals surface area contributed by atoms with Crippen LogP contribution in [0.4, 0.5) is 0 Å². The summed E-state index contributed by atoms with van der Waals surface area (Å²) in [7, 11) is 0. The maximum absolute atomic E-state index is 12.0. The van der Waals surface area contributed by atoms with Gasteiger partial charge < -0.3 is 19.5 Å². The third-order valence-corrected chi connectivity index (χ3v) is 5.95. The van der Waals surface area contributed by atoms with E-state index in [1.807, 2.05) is 79.7 Å². The second kappa shape index (κ2) is 11.0. The lowest BCUT2D eigenvalue weighted by Crippen LogP contribution is -2.17. The summed E-state index contributed by atoms with van der Waals surface area (Å²) in [5.74, 6) is 1.86. The number of rotatable bonds is 9. The molecule has 0 unspecified atom stereocenters. The van der Waals surface area contributed by atoms with Gasteiger partial charge in [0.05, 0.1) is 11.5 Å². The Balaban J connectivity index is 1.46. The average Bonchev–Trinajstić information content (AvgIpc) is 3.15. The van der Waals surface area contributed by atoms with E-state index >= 15 is 0 Å². The van der Waals surface area contributed by atoms with Gasteiger partial charge in [0.1, 0.15) is 23.3 Å². The van der Waals surface area contributed by atoms with Crippen molar-refractivity contribution in [3.8, 4) is 17.2 Å². The maximum atomic E-state index is 12.0. The number of carbonyl (C=O) groups is 1. The molecule has 0 saturated carbocycles. The van der Waals surface area contributed by atoms with E-state index in [1.165, 1.54) is 11.8 Å². The average molecular weight is 478 g/mol. The van der Waals surface area contributed by atoms with E-state index in [1.54, 1.807) is 6.08 Å². The minimum Gasteiger partial charge on any atom is -0.490 e. The van der Waals surface area contributed by atoms with Gasteiger partial charge >= 0.3 is 0 Å². The van der Waals surface area contributed by atoms with Gasteiger partial charge in [-0.2, -0.15) is 0 Å². The van der Waals surface area contributed by atoms with E-state index in [2.05, 4.69) is 5.32 Å². The molecule has 3 aromatic carbocycles. The summed E-state index contributed by atoms with van der Waals surface area (Å²) in [5.41, 5.74) is 2.85. The number of para-hydroxylation sites is 1. The summed E-state index contributed by atoms with van der Waals surface area (Å²) in [6, 6.07) is 23.4. The summed E-state index contributed by atoms with van der Waals surface area (Å²) in [5, 5.41) is 2.63. The molecule has 5 nitrogen and oxygen atoms in total. The van der Waals surface area contributed by atoms with E-state index in [0.29, 0.717) is 46.3 Å². The molecule has 33 heavy (non-hydrogen) atoms. The first-order chi connectivity index (χ1) is 16.1. The summed E-state index contributed by atoms with van der Waals surface area (Å²) in [6.45, 7) is 3.28. The Morgan fingerprint density at radius 2 is 1.58 bits per heavy atom. The highest BCUT2D eigenvalue weighted by Crippen LogP contribution is 2.32. The Hall–Kier alpha value is -3.29. The first-order valence-corrected chi connectivity index (χ1v) is 11.7. The number of ether oxygens (including phenoxy) is 3. The SMILES string of the molecule is CCOc1cc(COc2ccccc2/C=C2/SC(=S)NC2=O)ccc1OCc1ccccc1. The molecule has 0 radical (unpaired) electrons. The Morgan fingerprint density at radius 1 is 0.848 bits per heavy atom. The molecule has 1 fully saturated rings. The molecule has 1 saturated heterocycles. The van der Waals surface area contributed by atoms with Crippen LogP contribution in [0.3, 0.4) is 0 Å². The van der Waals surface area contributed by atoms with Crippen molar-refractivity contribution >= 4 is 40.3 Å². The normalized spacial score (nSPS) is 14.3. The molecule has 0 aromatic heterocycles. The molecule has 1 amide bonds. The number of nitrogens with one attached hydrogen (secondary N) is 1. The van der Waals surface area contributed by atoms with Crippen LogP contribution >= 0.6 is 24.0 Å². The van der Waals surface area contributed by atoms with Crippen molar-refractivity contribution in [3.05, 3.63) is 94.4 Å². The molecule has 0 atom stereocenters. The number of thiocarbonyl (C=S) groups is 1. The lowest BCUT2D eigenvalue weighted by molar-refractivity contribution is -0.115. The predicted octanol–water partition coefficient (Wildman–Crippen LogP) is 5.73. The maximum Gasteiger partial charge on any atom is 0.263 e. The molecule has 1 N–H and O–H groups in total. The third kappa shape index (κ3) is 6.15. The summed E-state index contributed by atoms with van der Waals surface area (Å²) in [4.78, 5) is 12.6. The van der Waals surface area contributed by atoms with E-state index in [9.17, 15) is 4.79 Å². The molecule has 4 rings (SSSR count). The Bertz CT molecular complexity index is 1180. The van der Waals surface area contributed by atoms with Gasteiger partial charge in [-0.25, -0.2) is 0 Å². The van der Waals surface area contributed by atoms with Crippen molar-refractivity contribution < 1.29 is 19.0 Å². The standard InChI is InChI=1S/C26H23NO4S2/c1-2-29-23-14-19(12-13-22(23)31-16-18-8-4-3-5-9-18)17-30-21-11-7-6-10-20(21)15-24-25(28)27-26(32)33-24/h3-15H,2,16-17H2,1H3,(H,27,28,32)/b24-15+. The van der Waals surface area contributed by atoms with Gasteiger partial charge in [0.25, 0.3) is 5.91 Å². The zero-order valence-corrected chi connectivity index (χ0v) is 19.7. The van der Waals surface area contributed by atoms with Crippen LogP contribution in [0.2, 0.25) is 0 Å². The minimum atomic E-state index is -0.188. The molecular formula is C26H23NO4S2. The topological polar surface area (TPSA) is 56.8 Å². The fourth-order valence-electron chi connectivity index (χ4n) is 3.22. The molecule has 168 valence electrons. The highest BCUT2D eigenvalue weighted by molar-refractivity contribution is 8.26. The Kier molecular flexibility index (Phi) is 7.65. The molecule has 0 bridgehead atoms. The van der Waals surface area contributed by atoms with Gasteiger partial charge in [-0.15, -0.1) is 0 Å². The third-order valence-electron chi connectivity index (χ3n) is 4.79. The van der Waals surface area contributed by atoms with Crippen molar-refractivity contribution in [1.82, 2.24) is 5.32 Å². The lowest BCUT2D eigenvalue weighted by atomic mass is 10.1. The van der Waals surface area contributed by atoms with Crippen LogP contribution in [0.25, 0.3) is 6.08 Å². The molecular weight excluding hydrogens is 454 g/mol. The van der Waals surface area contributed by atoms with Crippen LogP contribution in [0.1, 0.15) is 23.6 Å². The van der Waals surface area contributed by atoms with Crippen LogP contribution < -0.4 is 19.5 Å². The fraction of sp³-hybridized carbons (Fsp3) is 0.154. The zero-order valence-electron chi connectivity index (χ0n) is 18.1. The summed E-state index contributed by atoms with van der Waals surface area (Å²) >= 11 is 6.31. The zero-order chi connectivity index (χ0) is 23.0. The second-order valence-electron chi connectivity index (χ2n) is 7.17. The minimum absolute atomic E-state index is 0.188.